The van der Waals surface area contributed by atoms with Crippen molar-refractivity contribution in [2.24, 2.45) is 5.92 Å². The SMILES string of the molecule is C/C=C\C=C/C.C=CC(C)C(F)=Cc1cc(N2CCN(C(=O)c3cccs3)CC2)c(C#N)c(=O)n1CC.CC. The van der Waals surface area contributed by atoms with Crippen molar-refractivity contribution in [2.75, 3.05) is 31.1 Å². The number of rotatable bonds is 7. The lowest BCUT2D eigenvalue weighted by Gasteiger charge is -2.36. The Morgan fingerprint density at radius 3 is 2.28 bits per heavy atom. The van der Waals surface area contributed by atoms with Gasteiger partial charge in [-0.15, -0.1) is 17.9 Å². The Morgan fingerprint density at radius 1 is 1.21 bits per heavy atom. The van der Waals surface area contributed by atoms with Gasteiger partial charge in [0.2, 0.25) is 0 Å². The average molecular weight is 553 g/mol. The summed E-state index contributed by atoms with van der Waals surface area (Å²) in [5.74, 6) is -0.898. The fraction of sp³-hybridized carbons (Fsp3) is 0.387. The highest BCUT2D eigenvalue weighted by atomic mass is 32.1. The molecule has 0 spiro atoms. The molecule has 0 N–H and O–H groups in total. The van der Waals surface area contributed by atoms with Gasteiger partial charge in [-0.2, -0.15) is 5.26 Å². The van der Waals surface area contributed by atoms with Crippen molar-refractivity contribution in [3.8, 4) is 6.07 Å². The third-order valence-corrected chi connectivity index (χ3v) is 6.81. The predicted molar refractivity (Wildman–Crippen MR) is 163 cm³/mol. The topological polar surface area (TPSA) is 69.3 Å². The van der Waals surface area contributed by atoms with Crippen LogP contribution < -0.4 is 10.5 Å². The van der Waals surface area contributed by atoms with Gasteiger partial charge < -0.3 is 14.4 Å². The summed E-state index contributed by atoms with van der Waals surface area (Å²) >= 11 is 1.40. The Bertz CT molecular complexity index is 1230. The lowest BCUT2D eigenvalue weighted by molar-refractivity contribution is 0.0751. The van der Waals surface area contributed by atoms with Crippen LogP contribution in [0.5, 0.6) is 0 Å². The Balaban J connectivity index is 0.000000839. The minimum absolute atomic E-state index is 0.0133. The van der Waals surface area contributed by atoms with E-state index in [1.165, 1.54) is 28.1 Å². The Morgan fingerprint density at radius 2 is 1.82 bits per heavy atom. The quantitative estimate of drug-likeness (QED) is 0.272. The number of nitrogens with zero attached hydrogens (tertiary/aromatic N) is 4. The van der Waals surface area contributed by atoms with Crippen molar-refractivity contribution >= 4 is 29.0 Å². The average Bonchev–Trinajstić information content (AvgIpc) is 3.52. The maximum Gasteiger partial charge on any atom is 0.271 e. The number of halogens is 1. The first-order valence-electron chi connectivity index (χ1n) is 13.3. The standard InChI is InChI=1S/C23H25FN4O2S.C6H10.C2H6/c1-4-16(3)19(24)13-17-14-20(18(15-25)22(29)28(17)5-2)26-8-10-27(11-9-26)23(30)21-7-6-12-31-21;1-3-5-6-4-2;1-2/h4,6-7,12-14,16H,1,5,8-11H2,2-3H3;3-6H,1-2H3;1-2H3/b;5-3-,6-4-;. The van der Waals surface area contributed by atoms with Crippen LogP contribution in [-0.4, -0.2) is 41.6 Å². The maximum atomic E-state index is 14.5. The molecule has 1 amide bonds. The summed E-state index contributed by atoms with van der Waals surface area (Å²) in [6.45, 7) is 17.3. The molecule has 1 fully saturated rings. The van der Waals surface area contributed by atoms with Crippen LogP contribution >= 0.6 is 11.3 Å². The van der Waals surface area contributed by atoms with Gasteiger partial charge in [-0.05, 0) is 44.4 Å². The zero-order valence-corrected chi connectivity index (χ0v) is 24.8. The van der Waals surface area contributed by atoms with Gasteiger partial charge in [0.1, 0.15) is 17.5 Å². The third-order valence-electron chi connectivity index (χ3n) is 5.95. The predicted octanol–water partition coefficient (Wildman–Crippen LogP) is 7.06. The van der Waals surface area contributed by atoms with E-state index in [0.717, 1.165) is 0 Å². The van der Waals surface area contributed by atoms with E-state index in [1.807, 2.05) is 74.4 Å². The maximum absolute atomic E-state index is 14.5. The van der Waals surface area contributed by atoms with E-state index >= 15 is 0 Å². The summed E-state index contributed by atoms with van der Waals surface area (Å²) in [6, 6.07) is 7.36. The van der Waals surface area contributed by atoms with Gasteiger partial charge in [0.15, 0.2) is 0 Å². The van der Waals surface area contributed by atoms with Crippen LogP contribution in [0.2, 0.25) is 0 Å². The molecule has 210 valence electrons. The number of carbonyl (C=O) groups excluding carboxylic acids is 1. The lowest BCUT2D eigenvalue weighted by atomic mass is 10.1. The van der Waals surface area contributed by atoms with E-state index in [-0.39, 0.29) is 11.5 Å². The second-order valence-electron chi connectivity index (χ2n) is 8.35. The smallest absolute Gasteiger partial charge is 0.271 e. The van der Waals surface area contributed by atoms with E-state index in [2.05, 4.69) is 6.58 Å². The molecule has 1 unspecified atom stereocenters. The number of nitriles is 1. The van der Waals surface area contributed by atoms with Gasteiger partial charge in [0.25, 0.3) is 11.5 Å². The number of allylic oxidation sites excluding steroid dienone is 6. The van der Waals surface area contributed by atoms with Gasteiger partial charge in [-0.3, -0.25) is 9.59 Å². The molecule has 0 saturated carbocycles. The highest BCUT2D eigenvalue weighted by Crippen LogP contribution is 2.25. The number of hydrogen-bond donors (Lipinski definition) is 0. The largest absolute Gasteiger partial charge is 0.367 e. The number of carbonyl (C=O) groups is 1. The van der Waals surface area contributed by atoms with Crippen molar-refractivity contribution in [2.45, 2.75) is 48.1 Å². The number of thiophene rings is 1. The number of amides is 1. The molecule has 0 radical (unpaired) electrons. The monoisotopic (exact) mass is 552 g/mol. The summed E-state index contributed by atoms with van der Waals surface area (Å²) in [5, 5.41) is 11.5. The van der Waals surface area contributed by atoms with Crippen LogP contribution in [0.4, 0.5) is 10.1 Å². The van der Waals surface area contributed by atoms with Crippen LogP contribution in [0.15, 0.2) is 71.2 Å². The van der Waals surface area contributed by atoms with Gasteiger partial charge >= 0.3 is 0 Å². The van der Waals surface area contributed by atoms with E-state index in [0.29, 0.717) is 49.0 Å². The van der Waals surface area contributed by atoms with Crippen LogP contribution in [0.1, 0.15) is 62.5 Å². The first kappa shape index (κ1) is 33.3. The highest BCUT2D eigenvalue weighted by molar-refractivity contribution is 7.12. The zero-order valence-electron chi connectivity index (χ0n) is 24.0. The van der Waals surface area contributed by atoms with Crippen molar-refractivity contribution in [3.63, 3.8) is 0 Å². The Hall–Kier alpha value is -3.70. The van der Waals surface area contributed by atoms with Crippen LogP contribution in [0.3, 0.4) is 0 Å². The van der Waals surface area contributed by atoms with Gasteiger partial charge in [0.05, 0.1) is 10.6 Å². The molecular weight excluding hydrogens is 511 g/mol. The van der Waals surface area contributed by atoms with Crippen LogP contribution in [0.25, 0.3) is 6.08 Å². The van der Waals surface area contributed by atoms with Crippen LogP contribution in [-0.2, 0) is 6.54 Å². The number of hydrogen-bond acceptors (Lipinski definition) is 5. The van der Waals surface area contributed by atoms with Crippen molar-refractivity contribution in [1.82, 2.24) is 9.47 Å². The molecule has 0 aliphatic carbocycles. The summed E-state index contributed by atoms with van der Waals surface area (Å²) in [6.07, 6.45) is 10.8. The van der Waals surface area contributed by atoms with Gasteiger partial charge in [-0.25, -0.2) is 4.39 Å². The zero-order chi connectivity index (χ0) is 29.4. The summed E-state index contributed by atoms with van der Waals surface area (Å²) in [5.41, 5.74) is 0.481. The molecule has 2 aromatic heterocycles. The normalized spacial score (nSPS) is 14.3. The molecule has 6 nitrogen and oxygen atoms in total. The molecule has 1 aliphatic heterocycles. The second kappa shape index (κ2) is 17.7. The van der Waals surface area contributed by atoms with E-state index in [1.54, 1.807) is 30.9 Å². The van der Waals surface area contributed by atoms with Crippen molar-refractivity contribution in [3.05, 3.63) is 92.9 Å². The molecule has 3 rings (SSSR count). The highest BCUT2D eigenvalue weighted by Gasteiger charge is 2.26. The fourth-order valence-corrected chi connectivity index (χ4v) is 4.46. The van der Waals surface area contributed by atoms with E-state index in [4.69, 9.17) is 0 Å². The molecule has 1 aliphatic rings. The summed E-state index contributed by atoms with van der Waals surface area (Å²) < 4.78 is 15.9. The number of anilines is 1. The van der Waals surface area contributed by atoms with Gasteiger partial charge in [-0.1, -0.05) is 57.2 Å². The first-order valence-corrected chi connectivity index (χ1v) is 14.2. The third kappa shape index (κ3) is 9.22. The molecule has 0 bridgehead atoms. The Kier molecular flexibility index (Phi) is 15.2. The van der Waals surface area contributed by atoms with E-state index in [9.17, 15) is 19.2 Å². The van der Waals surface area contributed by atoms with Crippen molar-refractivity contribution < 1.29 is 9.18 Å². The summed E-state index contributed by atoms with van der Waals surface area (Å²) in [4.78, 5) is 29.9. The Labute approximate surface area is 236 Å². The first-order chi connectivity index (χ1) is 18.8. The molecular formula is C31H41FN4O2S. The fourth-order valence-electron chi connectivity index (χ4n) is 3.77. The molecule has 39 heavy (non-hydrogen) atoms. The number of aromatic nitrogens is 1. The number of pyridine rings is 1. The van der Waals surface area contributed by atoms with Crippen LogP contribution in [0, 0.1) is 17.2 Å². The minimum atomic E-state index is -0.480. The molecule has 0 aromatic carbocycles. The molecule has 3 heterocycles. The molecule has 8 heteroatoms. The van der Waals surface area contributed by atoms with E-state index < -0.39 is 17.3 Å². The molecule has 2 aromatic rings. The summed E-state index contributed by atoms with van der Waals surface area (Å²) in [7, 11) is 0. The molecule has 1 atom stereocenters. The lowest BCUT2D eigenvalue weighted by Crippen LogP contribution is -2.49. The molecule has 1 saturated heterocycles. The second-order valence-corrected chi connectivity index (χ2v) is 9.30. The minimum Gasteiger partial charge on any atom is -0.367 e. The number of piperazine rings is 1. The van der Waals surface area contributed by atoms with Gasteiger partial charge in [0, 0.05) is 44.3 Å². The van der Waals surface area contributed by atoms with Crippen molar-refractivity contribution in [1.29, 1.82) is 5.26 Å².